The van der Waals surface area contributed by atoms with Gasteiger partial charge in [0.1, 0.15) is 5.82 Å². The number of halogens is 1. The Kier molecular flexibility index (Phi) is 5.95. The quantitative estimate of drug-likeness (QED) is 0.796. The molecule has 4 fully saturated rings. The monoisotopic (exact) mass is 429 g/mol. The molecule has 5 nitrogen and oxygen atoms in total. The van der Waals surface area contributed by atoms with Crippen LogP contribution in [0, 0.1) is 11.2 Å². The third kappa shape index (κ3) is 3.86. The van der Waals surface area contributed by atoms with E-state index in [2.05, 4.69) is 28.1 Å². The van der Waals surface area contributed by atoms with Crippen LogP contribution in [0.15, 0.2) is 18.2 Å². The fraction of sp³-hybridized carbons (Fsp3) is 0.720. The van der Waals surface area contributed by atoms with Crippen molar-refractivity contribution in [3.8, 4) is 0 Å². The van der Waals surface area contributed by atoms with E-state index < -0.39 is 5.41 Å². The van der Waals surface area contributed by atoms with Gasteiger partial charge in [-0.2, -0.15) is 0 Å². The molecule has 1 amide bonds. The lowest BCUT2D eigenvalue weighted by Crippen LogP contribution is -2.50. The first-order valence-electron chi connectivity index (χ1n) is 12.2. The summed E-state index contributed by atoms with van der Waals surface area (Å²) in [4.78, 5) is 17.7. The lowest BCUT2D eigenvalue weighted by molar-refractivity contribution is -0.134. The number of likely N-dealkylation sites (tertiary alicyclic amines) is 1. The van der Waals surface area contributed by atoms with Gasteiger partial charge in [0.25, 0.3) is 0 Å². The highest BCUT2D eigenvalue weighted by molar-refractivity contribution is 5.86. The molecule has 3 atom stereocenters. The van der Waals surface area contributed by atoms with Gasteiger partial charge in [0.15, 0.2) is 0 Å². The normalized spacial score (nSPS) is 33.1. The zero-order valence-corrected chi connectivity index (χ0v) is 18.7. The molecule has 1 N–H and O–H groups in total. The predicted molar refractivity (Wildman–Crippen MR) is 120 cm³/mol. The van der Waals surface area contributed by atoms with Crippen molar-refractivity contribution in [2.45, 2.75) is 69.9 Å². The molecule has 6 heteroatoms. The molecule has 0 bridgehead atoms. The molecule has 0 aromatic heterocycles. The molecule has 0 aliphatic carbocycles. The minimum Gasteiger partial charge on any atom is -0.381 e. The van der Waals surface area contributed by atoms with Crippen molar-refractivity contribution in [1.29, 1.82) is 0 Å². The summed E-state index contributed by atoms with van der Waals surface area (Å²) in [6.07, 6.45) is 7.73. The Hall–Kier alpha value is -1.66. The summed E-state index contributed by atoms with van der Waals surface area (Å²) in [6.45, 7) is 7.23. The lowest BCUT2D eigenvalue weighted by atomic mass is 9.68. The number of anilines is 1. The maximum atomic E-state index is 15.3. The standard InChI is InChI=1S/C25H36FN3O2/c1-18-4-2-3-12-29(18)19-7-13-28(14-8-19)20-5-6-21(23(26)16-20)22-17-31-15-10-25(22)9-11-27-24(25)30/h5-6,16,18-19,22H,2-4,7-15,17H2,1H3,(H,27,30)/t18-,22?,25-/m0/s1. The van der Waals surface area contributed by atoms with Gasteiger partial charge in [-0.25, -0.2) is 4.39 Å². The van der Waals surface area contributed by atoms with E-state index in [4.69, 9.17) is 4.74 Å². The average molecular weight is 430 g/mol. The Morgan fingerprint density at radius 1 is 1.13 bits per heavy atom. The summed E-state index contributed by atoms with van der Waals surface area (Å²) < 4.78 is 21.0. The molecule has 0 radical (unpaired) electrons. The van der Waals surface area contributed by atoms with Crippen molar-refractivity contribution < 1.29 is 13.9 Å². The number of piperidine rings is 2. The van der Waals surface area contributed by atoms with Crippen molar-refractivity contribution in [2.24, 2.45) is 5.41 Å². The van der Waals surface area contributed by atoms with Gasteiger partial charge in [0, 0.05) is 49.9 Å². The van der Waals surface area contributed by atoms with E-state index in [1.807, 2.05) is 6.07 Å². The molecular weight excluding hydrogens is 393 g/mol. The summed E-state index contributed by atoms with van der Waals surface area (Å²) in [5.74, 6) is -0.332. The molecule has 0 saturated carbocycles. The zero-order valence-electron chi connectivity index (χ0n) is 18.7. The second-order valence-electron chi connectivity index (χ2n) is 10.0. The van der Waals surface area contributed by atoms with E-state index in [9.17, 15) is 4.79 Å². The first-order chi connectivity index (χ1) is 15.1. The Morgan fingerprint density at radius 3 is 2.68 bits per heavy atom. The first kappa shape index (κ1) is 21.2. The molecule has 4 heterocycles. The van der Waals surface area contributed by atoms with Gasteiger partial charge in [-0.15, -0.1) is 0 Å². The van der Waals surface area contributed by atoms with Crippen molar-refractivity contribution in [1.82, 2.24) is 10.2 Å². The zero-order chi connectivity index (χ0) is 21.4. The highest BCUT2D eigenvalue weighted by Crippen LogP contribution is 2.48. The largest absolute Gasteiger partial charge is 0.381 e. The Balaban J connectivity index is 1.28. The van der Waals surface area contributed by atoms with Crippen LogP contribution in [0.5, 0.6) is 0 Å². The first-order valence-corrected chi connectivity index (χ1v) is 12.2. The number of nitrogens with zero attached hydrogens (tertiary/aromatic N) is 2. The molecule has 1 spiro atoms. The van der Waals surface area contributed by atoms with Gasteiger partial charge in [-0.05, 0) is 69.7 Å². The Bertz CT molecular complexity index is 810. The number of amides is 1. The molecule has 4 aliphatic heterocycles. The van der Waals surface area contributed by atoms with E-state index in [1.165, 1.54) is 25.8 Å². The average Bonchev–Trinajstić information content (AvgIpc) is 3.15. The molecular formula is C25H36FN3O2. The molecule has 5 rings (SSSR count). The Morgan fingerprint density at radius 2 is 1.97 bits per heavy atom. The third-order valence-electron chi connectivity index (χ3n) is 8.47. The fourth-order valence-electron chi connectivity index (χ4n) is 6.55. The number of hydrogen-bond donors (Lipinski definition) is 1. The molecule has 1 aromatic carbocycles. The minimum absolute atomic E-state index is 0.0679. The highest BCUT2D eigenvalue weighted by atomic mass is 19.1. The van der Waals surface area contributed by atoms with Crippen LogP contribution in [0.4, 0.5) is 10.1 Å². The van der Waals surface area contributed by atoms with Gasteiger partial charge >= 0.3 is 0 Å². The second-order valence-corrected chi connectivity index (χ2v) is 10.0. The number of carbonyl (C=O) groups excluding carboxylic acids is 1. The van der Waals surface area contributed by atoms with Crippen LogP contribution in [0.2, 0.25) is 0 Å². The van der Waals surface area contributed by atoms with Crippen LogP contribution in [0.1, 0.15) is 63.4 Å². The number of ether oxygens (including phenoxy) is 1. The molecule has 1 unspecified atom stereocenters. The van der Waals surface area contributed by atoms with Gasteiger partial charge in [0.05, 0.1) is 12.0 Å². The second kappa shape index (κ2) is 8.70. The summed E-state index contributed by atoms with van der Waals surface area (Å²) >= 11 is 0. The summed E-state index contributed by atoms with van der Waals surface area (Å²) in [6, 6.07) is 7.01. The number of benzene rings is 1. The minimum atomic E-state index is -0.510. The fourth-order valence-corrected chi connectivity index (χ4v) is 6.55. The number of hydrogen-bond acceptors (Lipinski definition) is 4. The Labute approximate surface area is 185 Å². The topological polar surface area (TPSA) is 44.8 Å². The van der Waals surface area contributed by atoms with Gasteiger partial charge in [-0.1, -0.05) is 12.5 Å². The van der Waals surface area contributed by atoms with Crippen LogP contribution in [-0.4, -0.2) is 62.3 Å². The van der Waals surface area contributed by atoms with Gasteiger partial charge < -0.3 is 15.0 Å². The van der Waals surface area contributed by atoms with E-state index in [0.717, 1.165) is 38.0 Å². The SMILES string of the molecule is C[C@H]1CCCCN1C1CCN(c2ccc(C3COCC[C@@]34CCNC4=O)c(F)c2)CC1. The maximum Gasteiger partial charge on any atom is 0.227 e. The van der Waals surface area contributed by atoms with Crippen LogP contribution in [-0.2, 0) is 9.53 Å². The molecule has 31 heavy (non-hydrogen) atoms. The lowest BCUT2D eigenvalue weighted by Gasteiger charge is -2.44. The van der Waals surface area contributed by atoms with Crippen molar-refractivity contribution in [3.63, 3.8) is 0 Å². The van der Waals surface area contributed by atoms with Gasteiger partial charge in [0.2, 0.25) is 5.91 Å². The molecule has 170 valence electrons. The van der Waals surface area contributed by atoms with Crippen LogP contribution in [0.25, 0.3) is 0 Å². The van der Waals surface area contributed by atoms with E-state index in [1.54, 1.807) is 6.07 Å². The third-order valence-corrected chi connectivity index (χ3v) is 8.47. The van der Waals surface area contributed by atoms with Gasteiger partial charge in [-0.3, -0.25) is 9.69 Å². The molecule has 4 saturated heterocycles. The smallest absolute Gasteiger partial charge is 0.227 e. The maximum absolute atomic E-state index is 15.3. The predicted octanol–water partition coefficient (Wildman–Crippen LogP) is 3.68. The van der Waals surface area contributed by atoms with Crippen molar-refractivity contribution in [2.75, 3.05) is 44.3 Å². The van der Waals surface area contributed by atoms with Crippen molar-refractivity contribution >= 4 is 11.6 Å². The van der Waals surface area contributed by atoms with Crippen LogP contribution in [0.3, 0.4) is 0 Å². The van der Waals surface area contributed by atoms with Crippen LogP contribution < -0.4 is 10.2 Å². The van der Waals surface area contributed by atoms with Crippen molar-refractivity contribution in [3.05, 3.63) is 29.6 Å². The van der Waals surface area contributed by atoms with E-state index in [-0.39, 0.29) is 17.6 Å². The van der Waals surface area contributed by atoms with Crippen LogP contribution >= 0.6 is 0 Å². The molecule has 1 aromatic rings. The summed E-state index contributed by atoms with van der Waals surface area (Å²) in [5, 5.41) is 2.97. The number of rotatable bonds is 3. The summed E-state index contributed by atoms with van der Waals surface area (Å²) in [5.41, 5.74) is 1.09. The number of nitrogens with one attached hydrogen (secondary N) is 1. The van der Waals surface area contributed by atoms with E-state index >= 15 is 4.39 Å². The summed E-state index contributed by atoms with van der Waals surface area (Å²) in [7, 11) is 0. The highest BCUT2D eigenvalue weighted by Gasteiger charge is 2.51. The van der Waals surface area contributed by atoms with E-state index in [0.29, 0.717) is 43.8 Å². The molecule has 4 aliphatic rings. The number of carbonyl (C=O) groups is 1.